The number of halogens is 2. The first-order valence-corrected chi connectivity index (χ1v) is 10.7. The van der Waals surface area contributed by atoms with E-state index in [-0.39, 0.29) is 23.8 Å². The molecular weight excluding hydrogens is 443 g/mol. The first kappa shape index (κ1) is 21.9. The van der Waals surface area contributed by atoms with E-state index in [1.54, 1.807) is 11.0 Å². The molecule has 0 radical (unpaired) electrons. The van der Waals surface area contributed by atoms with E-state index in [1.165, 1.54) is 6.07 Å². The molecule has 1 atom stereocenters. The number of rotatable bonds is 3. The second kappa shape index (κ2) is 8.50. The van der Waals surface area contributed by atoms with Gasteiger partial charge >= 0.3 is 6.09 Å². The van der Waals surface area contributed by atoms with Gasteiger partial charge in [-0.25, -0.2) is 9.18 Å². The van der Waals surface area contributed by atoms with E-state index in [4.69, 9.17) is 9.47 Å². The van der Waals surface area contributed by atoms with Crippen molar-refractivity contribution in [3.63, 3.8) is 0 Å². The predicted octanol–water partition coefficient (Wildman–Crippen LogP) is 4.28. The monoisotopic (exact) mass is 470 g/mol. The van der Waals surface area contributed by atoms with E-state index in [1.807, 2.05) is 32.6 Å². The van der Waals surface area contributed by atoms with Crippen molar-refractivity contribution < 1.29 is 23.5 Å². The smallest absolute Gasteiger partial charge is 0.410 e. The summed E-state index contributed by atoms with van der Waals surface area (Å²) in [6.45, 7) is 9.06. The Labute approximate surface area is 179 Å². The molecule has 160 valence electrons. The highest BCUT2D eigenvalue weighted by Crippen LogP contribution is 2.30. The quantitative estimate of drug-likeness (QED) is 0.661. The number of carbonyl (C=O) groups excluding carboxylic acids is 2. The summed E-state index contributed by atoms with van der Waals surface area (Å²) in [6.07, 6.45) is 0.937. The Balaban J connectivity index is 1.56. The lowest BCUT2D eigenvalue weighted by Gasteiger charge is -2.37. The average molecular weight is 471 g/mol. The Bertz CT molecular complexity index is 788. The van der Waals surface area contributed by atoms with Crippen LogP contribution >= 0.6 is 15.9 Å². The van der Waals surface area contributed by atoms with E-state index < -0.39 is 17.5 Å². The van der Waals surface area contributed by atoms with E-state index in [2.05, 4.69) is 15.9 Å². The highest BCUT2D eigenvalue weighted by Gasteiger charge is 2.39. The summed E-state index contributed by atoms with van der Waals surface area (Å²) in [5.41, 5.74) is 0.322. The molecule has 0 aliphatic carbocycles. The van der Waals surface area contributed by atoms with Crippen molar-refractivity contribution in [3.05, 3.63) is 28.0 Å². The lowest BCUT2D eigenvalue weighted by Crippen LogP contribution is -2.49. The SMILES string of the molecule is Cc1cc(OC2CCN(C3CCN(C(=O)OC(C)(C)C)CC3)C2=O)c(F)cc1Br. The number of piperidine rings is 1. The molecule has 2 aliphatic heterocycles. The van der Waals surface area contributed by atoms with Gasteiger partial charge in [0.25, 0.3) is 5.91 Å². The van der Waals surface area contributed by atoms with Crippen LogP contribution in [0, 0.1) is 12.7 Å². The molecule has 2 fully saturated rings. The molecule has 2 heterocycles. The van der Waals surface area contributed by atoms with Gasteiger partial charge in [-0.2, -0.15) is 0 Å². The summed E-state index contributed by atoms with van der Waals surface area (Å²) in [5, 5.41) is 0. The summed E-state index contributed by atoms with van der Waals surface area (Å²) in [5.74, 6) is -0.495. The van der Waals surface area contributed by atoms with Crippen LogP contribution < -0.4 is 4.74 Å². The van der Waals surface area contributed by atoms with Crippen molar-refractivity contribution in [1.29, 1.82) is 0 Å². The van der Waals surface area contributed by atoms with Gasteiger partial charge in [-0.15, -0.1) is 0 Å². The van der Waals surface area contributed by atoms with Gasteiger partial charge in [0.05, 0.1) is 0 Å². The van der Waals surface area contributed by atoms with Crippen LogP contribution in [0.5, 0.6) is 5.75 Å². The number of amides is 2. The van der Waals surface area contributed by atoms with Gasteiger partial charge in [0.1, 0.15) is 5.60 Å². The zero-order chi connectivity index (χ0) is 21.3. The minimum atomic E-state index is -0.672. The molecule has 29 heavy (non-hydrogen) atoms. The van der Waals surface area contributed by atoms with Gasteiger partial charge in [-0.05, 0) is 58.2 Å². The fourth-order valence-electron chi connectivity index (χ4n) is 3.71. The third-order valence-corrected chi connectivity index (χ3v) is 6.08. The molecule has 1 aromatic carbocycles. The molecule has 0 spiro atoms. The number of benzene rings is 1. The molecule has 0 saturated carbocycles. The van der Waals surface area contributed by atoms with Crippen LogP contribution in [0.3, 0.4) is 0 Å². The van der Waals surface area contributed by atoms with Crippen LogP contribution in [-0.4, -0.2) is 59.2 Å². The molecule has 2 amide bonds. The topological polar surface area (TPSA) is 59.1 Å². The number of nitrogens with zero attached hydrogens (tertiary/aromatic N) is 2. The Hall–Kier alpha value is -1.83. The molecule has 1 aromatic rings. The number of hydrogen-bond acceptors (Lipinski definition) is 4. The van der Waals surface area contributed by atoms with Crippen molar-refractivity contribution in [2.45, 2.75) is 64.7 Å². The summed E-state index contributed by atoms with van der Waals surface area (Å²) in [6, 6.07) is 3.02. The van der Waals surface area contributed by atoms with Gasteiger partial charge in [0.2, 0.25) is 0 Å². The zero-order valence-corrected chi connectivity index (χ0v) is 18.9. The maximum Gasteiger partial charge on any atom is 0.410 e. The molecule has 3 rings (SSSR count). The van der Waals surface area contributed by atoms with Crippen LogP contribution in [0.1, 0.15) is 45.6 Å². The zero-order valence-electron chi connectivity index (χ0n) is 17.3. The summed E-state index contributed by atoms with van der Waals surface area (Å²) in [4.78, 5) is 28.6. The number of ether oxygens (including phenoxy) is 2. The lowest BCUT2D eigenvalue weighted by atomic mass is 10.0. The third kappa shape index (κ3) is 5.21. The highest BCUT2D eigenvalue weighted by molar-refractivity contribution is 9.10. The second-order valence-electron chi connectivity index (χ2n) is 8.66. The van der Waals surface area contributed by atoms with Gasteiger partial charge in [0.15, 0.2) is 17.7 Å². The van der Waals surface area contributed by atoms with Crippen molar-refractivity contribution >= 4 is 27.9 Å². The van der Waals surface area contributed by atoms with Crippen molar-refractivity contribution in [3.8, 4) is 5.75 Å². The fourth-order valence-corrected chi connectivity index (χ4v) is 4.02. The molecular formula is C21H28BrFN2O4. The third-order valence-electron chi connectivity index (χ3n) is 5.23. The first-order chi connectivity index (χ1) is 13.5. The maximum atomic E-state index is 14.2. The molecule has 1 unspecified atom stereocenters. The standard InChI is InChI=1S/C21H28BrFN2O4/c1-13-11-18(16(23)12-15(13)22)28-17-7-10-25(19(17)26)14-5-8-24(9-6-14)20(27)29-21(2,3)4/h11-12,14,17H,5-10H2,1-4H3. The summed E-state index contributed by atoms with van der Waals surface area (Å²) in [7, 11) is 0. The Kier molecular flexibility index (Phi) is 6.41. The lowest BCUT2D eigenvalue weighted by molar-refractivity contribution is -0.136. The van der Waals surface area contributed by atoms with E-state index in [0.717, 1.165) is 5.56 Å². The van der Waals surface area contributed by atoms with Gasteiger partial charge < -0.3 is 19.3 Å². The van der Waals surface area contributed by atoms with Gasteiger partial charge in [-0.1, -0.05) is 15.9 Å². The molecule has 2 saturated heterocycles. The Morgan fingerprint density at radius 3 is 2.45 bits per heavy atom. The molecule has 6 nitrogen and oxygen atoms in total. The molecule has 0 bridgehead atoms. The Morgan fingerprint density at radius 1 is 1.17 bits per heavy atom. The minimum absolute atomic E-state index is 0.0614. The minimum Gasteiger partial charge on any atom is -0.477 e. The number of hydrogen-bond donors (Lipinski definition) is 0. The molecule has 2 aliphatic rings. The van der Waals surface area contributed by atoms with Gasteiger partial charge in [-0.3, -0.25) is 4.79 Å². The van der Waals surface area contributed by atoms with Crippen molar-refractivity contribution in [1.82, 2.24) is 9.80 Å². The number of carbonyl (C=O) groups is 2. The van der Waals surface area contributed by atoms with E-state index in [9.17, 15) is 14.0 Å². The number of aryl methyl sites for hydroxylation is 1. The van der Waals surface area contributed by atoms with Gasteiger partial charge in [0, 0.05) is 36.6 Å². The van der Waals surface area contributed by atoms with E-state index >= 15 is 0 Å². The van der Waals surface area contributed by atoms with Crippen LogP contribution in [0.15, 0.2) is 16.6 Å². The number of likely N-dealkylation sites (tertiary alicyclic amines) is 2. The first-order valence-electron chi connectivity index (χ1n) is 9.96. The van der Waals surface area contributed by atoms with Crippen LogP contribution in [0.25, 0.3) is 0 Å². The summed E-state index contributed by atoms with van der Waals surface area (Å²) >= 11 is 3.29. The molecule has 8 heteroatoms. The average Bonchev–Trinajstić information content (AvgIpc) is 2.99. The highest BCUT2D eigenvalue weighted by atomic mass is 79.9. The molecule has 0 N–H and O–H groups in total. The van der Waals surface area contributed by atoms with E-state index in [0.29, 0.717) is 43.4 Å². The van der Waals surface area contributed by atoms with Crippen molar-refractivity contribution in [2.75, 3.05) is 19.6 Å². The van der Waals surface area contributed by atoms with Crippen LogP contribution in [0.2, 0.25) is 0 Å². The largest absolute Gasteiger partial charge is 0.477 e. The van der Waals surface area contributed by atoms with Crippen LogP contribution in [0.4, 0.5) is 9.18 Å². The summed E-state index contributed by atoms with van der Waals surface area (Å²) < 4.78 is 26.0. The Morgan fingerprint density at radius 2 is 1.83 bits per heavy atom. The van der Waals surface area contributed by atoms with Crippen LogP contribution in [-0.2, 0) is 9.53 Å². The predicted molar refractivity (Wildman–Crippen MR) is 110 cm³/mol. The normalized spacial score (nSPS) is 20.9. The second-order valence-corrected chi connectivity index (χ2v) is 9.51. The maximum absolute atomic E-state index is 14.2. The molecule has 0 aromatic heterocycles. The van der Waals surface area contributed by atoms with Crippen molar-refractivity contribution in [2.24, 2.45) is 0 Å². The fraction of sp³-hybridized carbons (Fsp3) is 0.619.